The molecule has 2 amide bonds. The number of hydrogen-bond donors (Lipinski definition) is 0. The van der Waals surface area contributed by atoms with Crippen LogP contribution in [0.4, 0.5) is 0 Å². The second kappa shape index (κ2) is 19.9. The second-order valence-electron chi connectivity index (χ2n) is 13.6. The van der Waals surface area contributed by atoms with Gasteiger partial charge in [-0.15, -0.1) is 0 Å². The average molecular weight is 757 g/mol. The van der Waals surface area contributed by atoms with Crippen molar-refractivity contribution >= 4 is 11.8 Å². The number of ether oxygens (including phenoxy) is 6. The Kier molecular flexibility index (Phi) is 15.3. The number of carbonyl (C=O) groups excluding carboxylic acids is 2. The maximum absolute atomic E-state index is 13.0. The van der Waals surface area contributed by atoms with E-state index in [4.69, 9.17) is 28.4 Å². The van der Waals surface area contributed by atoms with Crippen LogP contribution in [0.5, 0.6) is 34.5 Å². The van der Waals surface area contributed by atoms with Crippen LogP contribution in [-0.2, 0) is 26.2 Å². The quantitative estimate of drug-likeness (QED) is 0.122. The van der Waals surface area contributed by atoms with Gasteiger partial charge in [0.1, 0.15) is 47.7 Å². The molecule has 0 radical (unpaired) electrons. The van der Waals surface area contributed by atoms with Gasteiger partial charge >= 0.3 is 0 Å². The fraction of sp³-hybridized carbons (Fsp3) is 0.395. The average Bonchev–Trinajstić information content (AvgIpc) is 3.69. The van der Waals surface area contributed by atoms with Gasteiger partial charge in [0, 0.05) is 61.5 Å². The molecule has 0 aromatic heterocycles. The molecule has 2 aliphatic heterocycles. The lowest BCUT2D eigenvalue weighted by atomic mass is 10.1. The number of amides is 2. The molecule has 4 aromatic rings. The highest BCUT2D eigenvalue weighted by Gasteiger charge is 2.38. The summed E-state index contributed by atoms with van der Waals surface area (Å²) in [6.45, 7) is 5.51. The van der Waals surface area contributed by atoms with Crippen LogP contribution in [0, 0.1) is 0 Å². The van der Waals surface area contributed by atoms with Crippen molar-refractivity contribution in [3.63, 3.8) is 0 Å². The number of fused-ring (bicyclic) bond motifs is 2. The smallest absolute Gasteiger partial charge is 0.265 e. The van der Waals surface area contributed by atoms with E-state index in [9.17, 15) is 9.59 Å². The number of carbonyl (C=O) groups is 2. The summed E-state index contributed by atoms with van der Waals surface area (Å²) in [6.07, 6.45) is 0. The Balaban J connectivity index is 0.000000241. The summed E-state index contributed by atoms with van der Waals surface area (Å²) < 4.78 is 33.2. The summed E-state index contributed by atoms with van der Waals surface area (Å²) in [5, 5.41) is 0. The number of likely N-dealkylation sites (N-methyl/N-ethyl adjacent to an activating group) is 2. The molecule has 0 unspecified atom stereocenters. The molecule has 4 aromatic carbocycles. The molecule has 6 rings (SSSR count). The van der Waals surface area contributed by atoms with Crippen LogP contribution >= 0.6 is 0 Å². The minimum absolute atomic E-state index is 0. The molecule has 2 aliphatic rings. The normalized spacial score (nSPS) is 13.2. The molecule has 55 heavy (non-hydrogen) atoms. The Hall–Kier alpha value is -5.30. The minimum atomic E-state index is -0.363. The third kappa shape index (κ3) is 10.5. The molecule has 296 valence electrons. The van der Waals surface area contributed by atoms with Gasteiger partial charge < -0.3 is 38.2 Å². The van der Waals surface area contributed by atoms with Gasteiger partial charge in [0.15, 0.2) is 0 Å². The zero-order chi connectivity index (χ0) is 38.8. The van der Waals surface area contributed by atoms with E-state index >= 15 is 0 Å². The number of methoxy groups -OCH3 is 4. The summed E-state index contributed by atoms with van der Waals surface area (Å²) in [6, 6.07) is 22.7. The molecule has 0 aliphatic carbocycles. The highest BCUT2D eigenvalue weighted by atomic mass is 16.5. The highest BCUT2D eigenvalue weighted by Crippen LogP contribution is 2.35. The third-order valence-electron chi connectivity index (χ3n) is 9.27. The van der Waals surface area contributed by atoms with Gasteiger partial charge in [-0.1, -0.05) is 31.7 Å². The minimum Gasteiger partial charge on any atom is -0.497 e. The molecule has 0 N–H and O–H groups in total. The van der Waals surface area contributed by atoms with E-state index in [2.05, 4.69) is 48.2 Å². The Morgan fingerprint density at radius 2 is 1.15 bits per heavy atom. The fourth-order valence-corrected chi connectivity index (χ4v) is 6.33. The van der Waals surface area contributed by atoms with Gasteiger partial charge in [0.25, 0.3) is 11.8 Å². The Morgan fingerprint density at radius 1 is 0.600 bits per heavy atom. The van der Waals surface area contributed by atoms with Crippen molar-refractivity contribution in [2.75, 3.05) is 82.9 Å². The van der Waals surface area contributed by atoms with Crippen LogP contribution in [0.2, 0.25) is 0 Å². The van der Waals surface area contributed by atoms with E-state index in [0.29, 0.717) is 53.7 Å². The molecule has 12 nitrogen and oxygen atoms in total. The molecule has 0 saturated carbocycles. The maximum Gasteiger partial charge on any atom is 0.265 e. The number of imide groups is 1. The van der Waals surface area contributed by atoms with Gasteiger partial charge in [0.05, 0.1) is 46.1 Å². The van der Waals surface area contributed by atoms with Gasteiger partial charge in [0.2, 0.25) is 0 Å². The molecular weight excluding hydrogens is 700 g/mol. The molecule has 0 atom stereocenters. The van der Waals surface area contributed by atoms with E-state index in [1.54, 1.807) is 57.7 Å². The van der Waals surface area contributed by atoms with Gasteiger partial charge in [-0.05, 0) is 70.2 Å². The van der Waals surface area contributed by atoms with Gasteiger partial charge in [-0.3, -0.25) is 19.4 Å². The topological polar surface area (TPSA) is 102 Å². The Labute approximate surface area is 326 Å². The molecule has 0 saturated heterocycles. The van der Waals surface area contributed by atoms with Crippen molar-refractivity contribution in [2.24, 2.45) is 0 Å². The lowest BCUT2D eigenvalue weighted by molar-refractivity contribution is 0.0640. The van der Waals surface area contributed by atoms with E-state index in [-0.39, 0.29) is 25.8 Å². The summed E-state index contributed by atoms with van der Waals surface area (Å²) >= 11 is 0. The van der Waals surface area contributed by atoms with E-state index < -0.39 is 0 Å². The van der Waals surface area contributed by atoms with E-state index in [1.807, 2.05) is 31.1 Å². The van der Waals surface area contributed by atoms with Crippen molar-refractivity contribution in [1.29, 1.82) is 0 Å². The van der Waals surface area contributed by atoms with Crippen LogP contribution in [0.15, 0.2) is 72.8 Å². The first-order chi connectivity index (χ1) is 26.1. The first-order valence-corrected chi connectivity index (χ1v) is 17.9. The summed E-state index contributed by atoms with van der Waals surface area (Å²) in [4.78, 5) is 33.6. The Bertz CT molecular complexity index is 1910. The number of hydrogen-bond acceptors (Lipinski definition) is 11. The summed E-state index contributed by atoms with van der Waals surface area (Å²) in [5.41, 5.74) is 5.21. The predicted molar refractivity (Wildman–Crippen MR) is 214 cm³/mol. The van der Waals surface area contributed by atoms with Crippen LogP contribution in [0.1, 0.15) is 50.4 Å². The first-order valence-electron chi connectivity index (χ1n) is 17.9. The number of benzene rings is 4. The Morgan fingerprint density at radius 3 is 1.71 bits per heavy atom. The lowest BCUT2D eigenvalue weighted by Gasteiger charge is -2.18. The number of rotatable bonds is 16. The predicted octanol–water partition coefficient (Wildman–Crippen LogP) is 6.24. The van der Waals surface area contributed by atoms with E-state index in [0.717, 1.165) is 49.0 Å². The van der Waals surface area contributed by atoms with Crippen LogP contribution in [0.3, 0.4) is 0 Å². The van der Waals surface area contributed by atoms with Crippen molar-refractivity contribution in [3.05, 3.63) is 106 Å². The van der Waals surface area contributed by atoms with E-state index in [1.165, 1.54) is 23.1 Å². The zero-order valence-corrected chi connectivity index (χ0v) is 32.6. The van der Waals surface area contributed by atoms with Crippen molar-refractivity contribution < 1.29 is 38.0 Å². The van der Waals surface area contributed by atoms with Crippen LogP contribution in [0.25, 0.3) is 0 Å². The standard InChI is InChI=1S/C21H24N2O5.C21H28N2O3.CH4/c1-22(2)10-11-28-17-7-5-6-16-19(17)21(25)23(20(16)24)13-14-8-9-15(26-3)12-18(14)27-4;1-22(2)10-11-26-20-7-5-6-16-13-23(15-19(16)20)14-17-8-9-18(24-3)12-21(17)25-4;/h5-9,12H,10-11,13H2,1-4H3;5-9,12H,10-11,13-15H2,1-4H3;1H4. The first kappa shape index (κ1) is 42.4. The molecule has 2 heterocycles. The number of nitrogens with zero attached hydrogens (tertiary/aromatic N) is 4. The molecular formula is C43H56N4O8. The van der Waals surface area contributed by atoms with Crippen molar-refractivity contribution in [2.45, 2.75) is 33.6 Å². The van der Waals surface area contributed by atoms with Crippen LogP contribution in [-0.4, -0.2) is 114 Å². The summed E-state index contributed by atoms with van der Waals surface area (Å²) in [5.74, 6) is 3.61. The maximum atomic E-state index is 13.0. The lowest BCUT2D eigenvalue weighted by Crippen LogP contribution is -2.29. The van der Waals surface area contributed by atoms with Gasteiger partial charge in [-0.25, -0.2) is 0 Å². The third-order valence-corrected chi connectivity index (χ3v) is 9.27. The van der Waals surface area contributed by atoms with Crippen molar-refractivity contribution in [1.82, 2.24) is 19.6 Å². The monoisotopic (exact) mass is 756 g/mol. The molecule has 0 bridgehead atoms. The highest BCUT2D eigenvalue weighted by molar-refractivity contribution is 6.22. The second-order valence-corrected chi connectivity index (χ2v) is 13.6. The SMILES string of the molecule is C.COc1ccc(CN2C(=O)c3cccc(OCCN(C)C)c3C2=O)c(OC)c1.COc1ccc(CN2Cc3cccc(OCCN(C)C)c3C2)c(OC)c1. The zero-order valence-electron chi connectivity index (χ0n) is 32.6. The van der Waals surface area contributed by atoms with Crippen LogP contribution < -0.4 is 28.4 Å². The van der Waals surface area contributed by atoms with Gasteiger partial charge in [-0.2, -0.15) is 0 Å². The summed E-state index contributed by atoms with van der Waals surface area (Å²) in [7, 11) is 14.5. The largest absolute Gasteiger partial charge is 0.497 e. The molecule has 12 heteroatoms. The fourth-order valence-electron chi connectivity index (χ4n) is 6.33. The van der Waals surface area contributed by atoms with Crippen molar-refractivity contribution in [3.8, 4) is 34.5 Å². The molecule has 0 spiro atoms. The molecule has 0 fully saturated rings.